The lowest BCUT2D eigenvalue weighted by atomic mass is 9.96. The fourth-order valence-electron chi connectivity index (χ4n) is 2.83. The van der Waals surface area contributed by atoms with Gasteiger partial charge in [-0.05, 0) is 56.2 Å². The minimum absolute atomic E-state index is 0.211. The van der Waals surface area contributed by atoms with Gasteiger partial charge in [-0.1, -0.05) is 24.3 Å². The van der Waals surface area contributed by atoms with Gasteiger partial charge in [0.2, 0.25) is 5.91 Å². The zero-order valence-electron chi connectivity index (χ0n) is 17.1. The van der Waals surface area contributed by atoms with Crippen LogP contribution in [0.4, 0.5) is 0 Å². The number of rotatable bonds is 8. The third-order valence-electron chi connectivity index (χ3n) is 4.52. The van der Waals surface area contributed by atoms with E-state index in [0.29, 0.717) is 0 Å². The number of aliphatic carboxylic acids is 1. The Morgan fingerprint density at radius 3 is 2.36 bits per heavy atom. The molecule has 1 amide bonds. The molecule has 0 aliphatic rings. The number of benzene rings is 2. The molecule has 0 heterocycles. The molecule has 2 N–H and O–H groups in total. The lowest BCUT2D eigenvalue weighted by Gasteiger charge is -2.22. The van der Waals surface area contributed by atoms with E-state index < -0.39 is 17.9 Å². The average Bonchev–Trinajstić information content (AvgIpc) is 2.64. The zero-order valence-corrected chi connectivity index (χ0v) is 17.1. The van der Waals surface area contributed by atoms with Gasteiger partial charge in [0.15, 0.2) is 0 Å². The predicted molar refractivity (Wildman–Crippen MR) is 109 cm³/mol. The van der Waals surface area contributed by atoms with Gasteiger partial charge < -0.3 is 19.9 Å². The standard InChI is InChI=1S/C22H29NO5/c1-14(15-6-7-17-13-18(27-5)9-8-16(17)12-15)20(24)23-19(21(25)26)10-11-28-22(2,3)4/h6-9,12-14,19H,10-11H2,1-5H3,(H,23,24)(H,25,26). The number of methoxy groups -OCH3 is 1. The van der Waals surface area contributed by atoms with E-state index in [-0.39, 0.29) is 24.5 Å². The smallest absolute Gasteiger partial charge is 0.326 e. The number of carbonyl (C=O) groups excluding carboxylic acids is 1. The first-order chi connectivity index (χ1) is 13.1. The van der Waals surface area contributed by atoms with Crippen LogP contribution in [0.5, 0.6) is 5.75 Å². The Labute approximate surface area is 165 Å². The minimum Gasteiger partial charge on any atom is -0.497 e. The van der Waals surface area contributed by atoms with Crippen molar-refractivity contribution >= 4 is 22.6 Å². The van der Waals surface area contributed by atoms with E-state index >= 15 is 0 Å². The summed E-state index contributed by atoms with van der Waals surface area (Å²) in [5.74, 6) is -1.09. The van der Waals surface area contributed by atoms with Crippen LogP contribution in [-0.4, -0.2) is 42.3 Å². The maximum atomic E-state index is 12.6. The lowest BCUT2D eigenvalue weighted by Crippen LogP contribution is -2.43. The first-order valence-electron chi connectivity index (χ1n) is 9.35. The molecule has 2 aromatic carbocycles. The van der Waals surface area contributed by atoms with Gasteiger partial charge in [-0.3, -0.25) is 4.79 Å². The highest BCUT2D eigenvalue weighted by Crippen LogP contribution is 2.25. The molecule has 0 bridgehead atoms. The summed E-state index contributed by atoms with van der Waals surface area (Å²) >= 11 is 0. The fraction of sp³-hybridized carbons (Fsp3) is 0.455. The van der Waals surface area contributed by atoms with E-state index in [1.165, 1.54) is 0 Å². The summed E-state index contributed by atoms with van der Waals surface area (Å²) in [6.07, 6.45) is 0.211. The second kappa shape index (κ2) is 9.06. The highest BCUT2D eigenvalue weighted by atomic mass is 16.5. The molecule has 0 aliphatic carbocycles. The van der Waals surface area contributed by atoms with Crippen molar-refractivity contribution in [3.63, 3.8) is 0 Å². The maximum Gasteiger partial charge on any atom is 0.326 e. The van der Waals surface area contributed by atoms with Crippen LogP contribution in [0.3, 0.4) is 0 Å². The van der Waals surface area contributed by atoms with Crippen molar-refractivity contribution in [2.24, 2.45) is 0 Å². The Kier molecular flexibility index (Phi) is 7.02. The summed E-state index contributed by atoms with van der Waals surface area (Å²) in [5, 5.41) is 14.0. The number of hydrogen-bond acceptors (Lipinski definition) is 4. The number of carbonyl (C=O) groups is 2. The van der Waals surface area contributed by atoms with Gasteiger partial charge in [-0.2, -0.15) is 0 Å². The molecule has 6 heteroatoms. The molecular formula is C22H29NO5. The third kappa shape index (κ3) is 5.96. The Morgan fingerprint density at radius 2 is 1.75 bits per heavy atom. The molecule has 0 saturated carbocycles. The molecule has 6 nitrogen and oxygen atoms in total. The van der Waals surface area contributed by atoms with Gasteiger partial charge in [0.1, 0.15) is 11.8 Å². The van der Waals surface area contributed by atoms with Crippen molar-refractivity contribution in [3.05, 3.63) is 42.0 Å². The normalized spacial score (nSPS) is 13.8. The summed E-state index contributed by atoms with van der Waals surface area (Å²) in [7, 11) is 1.62. The van der Waals surface area contributed by atoms with Crippen LogP contribution >= 0.6 is 0 Å². The Bertz CT molecular complexity index is 840. The summed E-state index contributed by atoms with van der Waals surface area (Å²) < 4.78 is 10.8. The SMILES string of the molecule is COc1ccc2cc(C(C)C(=O)NC(CCOC(C)(C)C)C(=O)O)ccc2c1. The molecule has 2 aromatic rings. The van der Waals surface area contributed by atoms with Crippen molar-refractivity contribution < 1.29 is 24.2 Å². The van der Waals surface area contributed by atoms with E-state index in [0.717, 1.165) is 22.1 Å². The summed E-state index contributed by atoms with van der Waals surface area (Å²) in [5.41, 5.74) is 0.471. The minimum atomic E-state index is -1.07. The number of amides is 1. The fourth-order valence-corrected chi connectivity index (χ4v) is 2.83. The molecule has 0 aromatic heterocycles. The zero-order chi connectivity index (χ0) is 20.9. The van der Waals surface area contributed by atoms with Crippen molar-refractivity contribution in [2.75, 3.05) is 13.7 Å². The average molecular weight is 387 g/mol. The lowest BCUT2D eigenvalue weighted by molar-refractivity contribution is -0.143. The first-order valence-corrected chi connectivity index (χ1v) is 9.35. The third-order valence-corrected chi connectivity index (χ3v) is 4.52. The highest BCUT2D eigenvalue weighted by molar-refractivity contribution is 5.90. The molecule has 0 radical (unpaired) electrons. The number of ether oxygens (including phenoxy) is 2. The van der Waals surface area contributed by atoms with Gasteiger partial charge in [0, 0.05) is 13.0 Å². The van der Waals surface area contributed by atoms with Crippen LogP contribution in [0, 0.1) is 0 Å². The van der Waals surface area contributed by atoms with Crippen LogP contribution in [0.1, 0.15) is 45.6 Å². The quantitative estimate of drug-likeness (QED) is 0.721. The monoisotopic (exact) mass is 387 g/mol. The molecule has 0 saturated heterocycles. The van der Waals surface area contributed by atoms with E-state index in [4.69, 9.17) is 9.47 Å². The van der Waals surface area contributed by atoms with Gasteiger partial charge in [-0.25, -0.2) is 4.79 Å². The van der Waals surface area contributed by atoms with Gasteiger partial charge in [-0.15, -0.1) is 0 Å². The molecule has 0 aliphatic heterocycles. The van der Waals surface area contributed by atoms with Crippen LogP contribution < -0.4 is 10.1 Å². The van der Waals surface area contributed by atoms with Crippen molar-refractivity contribution in [3.8, 4) is 5.75 Å². The van der Waals surface area contributed by atoms with Crippen LogP contribution in [0.2, 0.25) is 0 Å². The van der Waals surface area contributed by atoms with Gasteiger partial charge in [0.25, 0.3) is 0 Å². The predicted octanol–water partition coefficient (Wildman–Crippen LogP) is 3.73. The Balaban J connectivity index is 2.07. The van der Waals surface area contributed by atoms with Crippen molar-refractivity contribution in [2.45, 2.75) is 51.7 Å². The van der Waals surface area contributed by atoms with Crippen LogP contribution in [0.15, 0.2) is 36.4 Å². The van der Waals surface area contributed by atoms with Gasteiger partial charge >= 0.3 is 5.97 Å². The highest BCUT2D eigenvalue weighted by Gasteiger charge is 2.24. The molecule has 28 heavy (non-hydrogen) atoms. The topological polar surface area (TPSA) is 84.9 Å². The largest absolute Gasteiger partial charge is 0.497 e. The molecule has 2 unspecified atom stereocenters. The van der Waals surface area contributed by atoms with E-state index in [2.05, 4.69) is 5.32 Å². The summed E-state index contributed by atoms with van der Waals surface area (Å²) in [6, 6.07) is 10.5. The molecular weight excluding hydrogens is 358 g/mol. The Morgan fingerprint density at radius 1 is 1.11 bits per heavy atom. The number of carboxylic acid groups (broad SMARTS) is 1. The van der Waals surface area contributed by atoms with Gasteiger partial charge in [0.05, 0.1) is 18.6 Å². The van der Waals surface area contributed by atoms with Crippen LogP contribution in [0.25, 0.3) is 10.8 Å². The van der Waals surface area contributed by atoms with Crippen LogP contribution in [-0.2, 0) is 14.3 Å². The number of nitrogens with one attached hydrogen (secondary N) is 1. The maximum absolute atomic E-state index is 12.6. The summed E-state index contributed by atoms with van der Waals surface area (Å²) in [4.78, 5) is 24.1. The first kappa shape index (κ1) is 21.7. The summed E-state index contributed by atoms with van der Waals surface area (Å²) in [6.45, 7) is 7.73. The van der Waals surface area contributed by atoms with E-state index in [9.17, 15) is 14.7 Å². The molecule has 0 fully saturated rings. The van der Waals surface area contributed by atoms with Crippen molar-refractivity contribution in [1.29, 1.82) is 0 Å². The van der Waals surface area contributed by atoms with E-state index in [1.54, 1.807) is 14.0 Å². The molecule has 152 valence electrons. The van der Waals surface area contributed by atoms with E-state index in [1.807, 2.05) is 57.2 Å². The second-order valence-electron chi connectivity index (χ2n) is 7.84. The molecule has 2 atom stereocenters. The molecule has 0 spiro atoms. The Hall–Kier alpha value is -2.60. The van der Waals surface area contributed by atoms with Crippen molar-refractivity contribution in [1.82, 2.24) is 5.32 Å². The molecule has 2 rings (SSSR count). The number of carboxylic acids is 1. The second-order valence-corrected chi connectivity index (χ2v) is 7.84. The number of fused-ring (bicyclic) bond motifs is 1. The number of hydrogen-bond donors (Lipinski definition) is 2.